The zero-order valence-electron chi connectivity index (χ0n) is 17.9. The number of amides is 2. The number of nitrogens with one attached hydrogen (secondary N) is 1. The number of rotatable bonds is 8. The molecule has 0 aliphatic carbocycles. The van der Waals surface area contributed by atoms with Gasteiger partial charge in [-0.2, -0.15) is 0 Å². The largest absolute Gasteiger partial charge is 0.483 e. The number of carbonyl (C=O) groups excluding carboxylic acids is 3. The standard InChI is InChI=1S/C24H28N2O5/c1-17-7-6-10-21(18(17)2)31-16-22(27)26-13-12-25-24(29)20(26)15-23(28)30-14-11-19-8-4-3-5-9-19/h3-10,20H,11-16H2,1-2H3,(H,25,29). The minimum Gasteiger partial charge on any atom is -0.483 e. The molecule has 1 heterocycles. The van der Waals surface area contributed by atoms with Gasteiger partial charge in [0.25, 0.3) is 5.91 Å². The topological polar surface area (TPSA) is 84.9 Å². The number of hydrogen-bond donors (Lipinski definition) is 1. The highest BCUT2D eigenvalue weighted by molar-refractivity contribution is 5.92. The van der Waals surface area contributed by atoms with E-state index in [1.54, 1.807) is 6.07 Å². The minimum atomic E-state index is -0.896. The summed E-state index contributed by atoms with van der Waals surface area (Å²) < 4.78 is 11.0. The molecule has 1 saturated heterocycles. The average molecular weight is 424 g/mol. The van der Waals surface area contributed by atoms with E-state index in [2.05, 4.69) is 5.32 Å². The summed E-state index contributed by atoms with van der Waals surface area (Å²) in [6, 6.07) is 14.4. The van der Waals surface area contributed by atoms with E-state index < -0.39 is 12.0 Å². The maximum Gasteiger partial charge on any atom is 0.308 e. The van der Waals surface area contributed by atoms with E-state index in [1.165, 1.54) is 4.90 Å². The Morgan fingerprint density at radius 2 is 1.87 bits per heavy atom. The molecule has 1 aliphatic heterocycles. The highest BCUT2D eigenvalue weighted by Gasteiger charge is 2.35. The quantitative estimate of drug-likeness (QED) is 0.657. The van der Waals surface area contributed by atoms with Crippen LogP contribution in [-0.2, 0) is 25.5 Å². The van der Waals surface area contributed by atoms with Gasteiger partial charge in [0.1, 0.15) is 11.8 Å². The van der Waals surface area contributed by atoms with Crippen molar-refractivity contribution >= 4 is 17.8 Å². The maximum absolute atomic E-state index is 12.8. The van der Waals surface area contributed by atoms with Crippen LogP contribution in [-0.4, -0.2) is 55.0 Å². The monoisotopic (exact) mass is 424 g/mol. The van der Waals surface area contributed by atoms with Crippen LogP contribution in [0.25, 0.3) is 0 Å². The average Bonchev–Trinajstić information content (AvgIpc) is 2.76. The smallest absolute Gasteiger partial charge is 0.308 e. The third-order valence-electron chi connectivity index (χ3n) is 5.41. The minimum absolute atomic E-state index is 0.185. The Hall–Kier alpha value is -3.35. The fourth-order valence-corrected chi connectivity index (χ4v) is 3.46. The number of aryl methyl sites for hydroxylation is 1. The van der Waals surface area contributed by atoms with Crippen LogP contribution in [0, 0.1) is 13.8 Å². The summed E-state index contributed by atoms with van der Waals surface area (Å²) >= 11 is 0. The molecule has 1 unspecified atom stereocenters. The molecule has 2 amide bonds. The predicted octanol–water partition coefficient (Wildman–Crippen LogP) is 2.19. The lowest BCUT2D eigenvalue weighted by molar-refractivity contribution is -0.152. The van der Waals surface area contributed by atoms with Gasteiger partial charge in [0.15, 0.2) is 6.61 Å². The highest BCUT2D eigenvalue weighted by atomic mass is 16.5. The molecule has 2 aromatic rings. The second-order valence-electron chi connectivity index (χ2n) is 7.54. The molecule has 3 rings (SSSR count). The van der Waals surface area contributed by atoms with Gasteiger partial charge in [-0.1, -0.05) is 42.5 Å². The summed E-state index contributed by atoms with van der Waals surface area (Å²) in [5, 5.41) is 2.71. The third kappa shape index (κ3) is 6.07. The summed E-state index contributed by atoms with van der Waals surface area (Å²) in [4.78, 5) is 38.8. The molecule has 0 aromatic heterocycles. The van der Waals surface area contributed by atoms with Crippen LogP contribution >= 0.6 is 0 Å². The number of nitrogens with zero attached hydrogens (tertiary/aromatic N) is 1. The molecular weight excluding hydrogens is 396 g/mol. The molecule has 0 radical (unpaired) electrons. The van der Waals surface area contributed by atoms with E-state index in [0.29, 0.717) is 25.3 Å². The van der Waals surface area contributed by atoms with Crippen LogP contribution in [0.15, 0.2) is 48.5 Å². The predicted molar refractivity (Wildman–Crippen MR) is 116 cm³/mol. The fraction of sp³-hybridized carbons (Fsp3) is 0.375. The Labute approximate surface area is 182 Å². The van der Waals surface area contributed by atoms with Crippen molar-refractivity contribution in [3.05, 3.63) is 65.2 Å². The number of esters is 1. The zero-order chi connectivity index (χ0) is 22.2. The van der Waals surface area contributed by atoms with Crippen molar-refractivity contribution in [2.75, 3.05) is 26.3 Å². The second kappa shape index (κ2) is 10.6. The molecule has 0 bridgehead atoms. The molecule has 0 saturated carbocycles. The molecule has 7 heteroatoms. The lowest BCUT2D eigenvalue weighted by Crippen LogP contribution is -2.58. The summed E-state index contributed by atoms with van der Waals surface area (Å²) in [5.41, 5.74) is 3.09. The van der Waals surface area contributed by atoms with Crippen LogP contribution in [0.1, 0.15) is 23.1 Å². The number of ether oxygens (including phenoxy) is 2. The first-order chi connectivity index (χ1) is 15.0. The number of hydrogen-bond acceptors (Lipinski definition) is 5. The Bertz CT molecular complexity index is 929. The van der Waals surface area contributed by atoms with Crippen LogP contribution < -0.4 is 10.1 Å². The van der Waals surface area contributed by atoms with Gasteiger partial charge in [-0.25, -0.2) is 0 Å². The Balaban J connectivity index is 1.54. The summed E-state index contributed by atoms with van der Waals surface area (Å²) in [6.07, 6.45) is 0.408. The first-order valence-electron chi connectivity index (χ1n) is 10.4. The van der Waals surface area contributed by atoms with Gasteiger partial charge >= 0.3 is 5.97 Å². The Morgan fingerprint density at radius 1 is 1.10 bits per heavy atom. The molecule has 0 spiro atoms. The van der Waals surface area contributed by atoms with E-state index in [1.807, 2.05) is 56.3 Å². The van der Waals surface area contributed by atoms with Gasteiger partial charge in [-0.15, -0.1) is 0 Å². The molecule has 31 heavy (non-hydrogen) atoms. The van der Waals surface area contributed by atoms with Crippen molar-refractivity contribution in [2.24, 2.45) is 0 Å². The van der Waals surface area contributed by atoms with E-state index in [4.69, 9.17) is 9.47 Å². The molecule has 1 atom stereocenters. The van der Waals surface area contributed by atoms with Gasteiger partial charge in [-0.3, -0.25) is 14.4 Å². The third-order valence-corrected chi connectivity index (χ3v) is 5.41. The normalized spacial score (nSPS) is 15.9. The van der Waals surface area contributed by atoms with Crippen molar-refractivity contribution in [1.29, 1.82) is 0 Å². The van der Waals surface area contributed by atoms with E-state index in [0.717, 1.165) is 16.7 Å². The van der Waals surface area contributed by atoms with Gasteiger partial charge in [-0.05, 0) is 36.6 Å². The van der Waals surface area contributed by atoms with Gasteiger partial charge in [0.05, 0.1) is 13.0 Å². The number of piperazine rings is 1. The highest BCUT2D eigenvalue weighted by Crippen LogP contribution is 2.21. The van der Waals surface area contributed by atoms with Crippen molar-refractivity contribution in [3.63, 3.8) is 0 Å². The Morgan fingerprint density at radius 3 is 2.65 bits per heavy atom. The molecule has 164 valence electrons. The van der Waals surface area contributed by atoms with Crippen LogP contribution in [0.3, 0.4) is 0 Å². The first-order valence-corrected chi connectivity index (χ1v) is 10.4. The number of benzene rings is 2. The molecule has 2 aromatic carbocycles. The van der Waals surface area contributed by atoms with Gasteiger partial charge < -0.3 is 19.7 Å². The molecular formula is C24H28N2O5. The first kappa shape index (κ1) is 22.3. The fourth-order valence-electron chi connectivity index (χ4n) is 3.46. The van der Waals surface area contributed by atoms with Crippen LogP contribution in [0.4, 0.5) is 0 Å². The van der Waals surface area contributed by atoms with Crippen molar-refractivity contribution < 1.29 is 23.9 Å². The molecule has 1 N–H and O–H groups in total. The van der Waals surface area contributed by atoms with Crippen molar-refractivity contribution in [3.8, 4) is 5.75 Å². The van der Waals surface area contributed by atoms with Gasteiger partial charge in [0, 0.05) is 19.5 Å². The van der Waals surface area contributed by atoms with Crippen LogP contribution in [0.2, 0.25) is 0 Å². The molecule has 1 aliphatic rings. The lowest BCUT2D eigenvalue weighted by atomic mass is 10.1. The van der Waals surface area contributed by atoms with Gasteiger partial charge in [0.2, 0.25) is 5.91 Å². The molecule has 7 nitrogen and oxygen atoms in total. The van der Waals surface area contributed by atoms with Crippen molar-refractivity contribution in [1.82, 2.24) is 10.2 Å². The summed E-state index contributed by atoms with van der Waals surface area (Å²) in [5.74, 6) is -0.568. The number of carbonyl (C=O) groups is 3. The Kier molecular flexibility index (Phi) is 7.65. The van der Waals surface area contributed by atoms with E-state index >= 15 is 0 Å². The summed E-state index contributed by atoms with van der Waals surface area (Å²) in [6.45, 7) is 4.59. The SMILES string of the molecule is Cc1cccc(OCC(=O)N2CCNC(=O)C2CC(=O)OCCc2ccccc2)c1C. The maximum atomic E-state index is 12.8. The van der Waals surface area contributed by atoms with Crippen molar-refractivity contribution in [2.45, 2.75) is 32.7 Å². The zero-order valence-corrected chi connectivity index (χ0v) is 17.9. The lowest BCUT2D eigenvalue weighted by Gasteiger charge is -2.34. The molecule has 1 fully saturated rings. The summed E-state index contributed by atoms with van der Waals surface area (Å²) in [7, 11) is 0. The van der Waals surface area contributed by atoms with Crippen LogP contribution in [0.5, 0.6) is 5.75 Å². The second-order valence-corrected chi connectivity index (χ2v) is 7.54. The van der Waals surface area contributed by atoms with E-state index in [9.17, 15) is 14.4 Å². The van der Waals surface area contributed by atoms with E-state index in [-0.39, 0.29) is 31.4 Å².